The van der Waals surface area contributed by atoms with Gasteiger partial charge in [-0.05, 0) is 29.3 Å². The zero-order chi connectivity index (χ0) is 12.4. The Bertz CT molecular complexity index is 561. The van der Waals surface area contributed by atoms with E-state index in [4.69, 9.17) is 5.11 Å². The zero-order valence-corrected chi connectivity index (χ0v) is 10.3. The Morgan fingerprint density at radius 1 is 1.06 bits per heavy atom. The molecule has 2 aromatic rings. The summed E-state index contributed by atoms with van der Waals surface area (Å²) >= 11 is 3.31. The number of carboxylic acids is 1. The van der Waals surface area contributed by atoms with Gasteiger partial charge < -0.3 is 10.2 Å². The summed E-state index contributed by atoms with van der Waals surface area (Å²) in [6.07, 6.45) is 0. The Labute approximate surface area is 106 Å². The molecule has 0 atom stereocenters. The van der Waals surface area contributed by atoms with Crippen LogP contribution in [0.25, 0.3) is 11.1 Å². The second kappa shape index (κ2) is 4.59. The second-order valence-electron chi connectivity index (χ2n) is 3.51. The quantitative estimate of drug-likeness (QED) is 0.890. The molecule has 17 heavy (non-hydrogen) atoms. The maximum Gasteiger partial charge on any atom is 0.340 e. The van der Waals surface area contributed by atoms with Crippen molar-refractivity contribution in [1.82, 2.24) is 0 Å². The van der Waals surface area contributed by atoms with Crippen molar-refractivity contribution in [1.29, 1.82) is 0 Å². The van der Waals surface area contributed by atoms with E-state index < -0.39 is 5.97 Å². The summed E-state index contributed by atoms with van der Waals surface area (Å²) in [6, 6.07) is 11.9. The highest BCUT2D eigenvalue weighted by Gasteiger charge is 2.15. The van der Waals surface area contributed by atoms with Crippen LogP contribution in [-0.4, -0.2) is 16.2 Å². The van der Waals surface area contributed by atoms with Crippen LogP contribution < -0.4 is 0 Å². The third kappa shape index (κ3) is 2.31. The minimum Gasteiger partial charge on any atom is -0.507 e. The lowest BCUT2D eigenvalue weighted by atomic mass is 9.99. The van der Waals surface area contributed by atoms with Crippen molar-refractivity contribution < 1.29 is 15.0 Å². The Kier molecular flexibility index (Phi) is 3.15. The number of halogens is 1. The maximum absolute atomic E-state index is 11.1. The van der Waals surface area contributed by atoms with Gasteiger partial charge >= 0.3 is 5.97 Å². The molecule has 2 rings (SSSR count). The largest absolute Gasteiger partial charge is 0.507 e. The van der Waals surface area contributed by atoms with Crippen molar-refractivity contribution in [2.45, 2.75) is 0 Å². The van der Waals surface area contributed by atoms with Gasteiger partial charge in [-0.2, -0.15) is 0 Å². The fraction of sp³-hybridized carbons (Fsp3) is 0. The number of carbonyl (C=O) groups is 1. The molecule has 0 saturated heterocycles. The van der Waals surface area contributed by atoms with Crippen LogP contribution in [0.2, 0.25) is 0 Å². The standard InChI is InChI=1S/C13H9BrO3/c14-9-6-4-8(5-7-9)10-2-1-3-11(15)12(10)13(16)17/h1-7,15H,(H,16,17). The fourth-order valence-electron chi connectivity index (χ4n) is 1.63. The molecule has 4 heteroatoms. The number of rotatable bonds is 2. The Hall–Kier alpha value is -1.81. The number of carboxylic acid groups (broad SMARTS) is 1. The molecule has 2 aromatic carbocycles. The summed E-state index contributed by atoms with van der Waals surface area (Å²) in [5.41, 5.74) is 1.18. The highest BCUT2D eigenvalue weighted by molar-refractivity contribution is 9.10. The van der Waals surface area contributed by atoms with E-state index in [1.807, 2.05) is 12.1 Å². The van der Waals surface area contributed by atoms with Crippen LogP contribution in [0.4, 0.5) is 0 Å². The van der Waals surface area contributed by atoms with E-state index in [1.54, 1.807) is 24.3 Å². The average Bonchev–Trinajstić information content (AvgIpc) is 2.29. The zero-order valence-electron chi connectivity index (χ0n) is 8.72. The molecule has 86 valence electrons. The van der Waals surface area contributed by atoms with Crippen molar-refractivity contribution >= 4 is 21.9 Å². The van der Waals surface area contributed by atoms with Gasteiger partial charge in [0.15, 0.2) is 0 Å². The molecular weight excluding hydrogens is 284 g/mol. The van der Waals surface area contributed by atoms with Crippen LogP contribution in [0.5, 0.6) is 5.75 Å². The van der Waals surface area contributed by atoms with Gasteiger partial charge in [0, 0.05) is 4.47 Å². The number of phenols is 1. The molecule has 0 unspecified atom stereocenters. The van der Waals surface area contributed by atoms with Crippen molar-refractivity contribution in [3.05, 3.63) is 52.5 Å². The lowest BCUT2D eigenvalue weighted by Gasteiger charge is -2.08. The Balaban J connectivity index is 2.63. The van der Waals surface area contributed by atoms with Gasteiger partial charge in [-0.25, -0.2) is 4.79 Å². The summed E-state index contributed by atoms with van der Waals surface area (Å²) in [6.45, 7) is 0. The number of hydrogen-bond donors (Lipinski definition) is 2. The van der Waals surface area contributed by atoms with Crippen LogP contribution in [0, 0.1) is 0 Å². The van der Waals surface area contributed by atoms with Crippen LogP contribution in [-0.2, 0) is 0 Å². The van der Waals surface area contributed by atoms with E-state index in [9.17, 15) is 9.90 Å². The molecule has 0 aliphatic heterocycles. The van der Waals surface area contributed by atoms with E-state index in [-0.39, 0.29) is 11.3 Å². The van der Waals surface area contributed by atoms with Crippen LogP contribution in [0.1, 0.15) is 10.4 Å². The number of aromatic carboxylic acids is 1. The smallest absolute Gasteiger partial charge is 0.340 e. The van der Waals surface area contributed by atoms with Gasteiger partial charge in [-0.15, -0.1) is 0 Å². The second-order valence-corrected chi connectivity index (χ2v) is 4.43. The number of aromatic hydroxyl groups is 1. The predicted octanol–water partition coefficient (Wildman–Crippen LogP) is 3.52. The first-order valence-electron chi connectivity index (χ1n) is 4.91. The summed E-state index contributed by atoms with van der Waals surface area (Å²) < 4.78 is 0.915. The highest BCUT2D eigenvalue weighted by Crippen LogP contribution is 2.30. The molecule has 3 nitrogen and oxygen atoms in total. The van der Waals surface area contributed by atoms with Gasteiger partial charge in [0.1, 0.15) is 11.3 Å². The Morgan fingerprint density at radius 3 is 2.29 bits per heavy atom. The maximum atomic E-state index is 11.1. The van der Waals surface area contributed by atoms with Gasteiger partial charge in [-0.1, -0.05) is 40.2 Å². The molecule has 0 aliphatic carbocycles. The first kappa shape index (κ1) is 11.7. The monoisotopic (exact) mass is 292 g/mol. The minimum atomic E-state index is -1.14. The molecule has 0 aliphatic rings. The summed E-state index contributed by atoms with van der Waals surface area (Å²) in [4.78, 5) is 11.1. The van der Waals surface area contributed by atoms with E-state index >= 15 is 0 Å². The molecule has 0 aromatic heterocycles. The topological polar surface area (TPSA) is 57.5 Å². The minimum absolute atomic E-state index is 0.0742. The highest BCUT2D eigenvalue weighted by atomic mass is 79.9. The number of hydrogen-bond acceptors (Lipinski definition) is 2. The molecular formula is C13H9BrO3. The van der Waals surface area contributed by atoms with E-state index in [0.29, 0.717) is 5.56 Å². The van der Waals surface area contributed by atoms with Crippen molar-refractivity contribution in [3.8, 4) is 16.9 Å². The van der Waals surface area contributed by atoms with Crippen molar-refractivity contribution in [2.24, 2.45) is 0 Å². The predicted molar refractivity (Wildman–Crippen MR) is 68.2 cm³/mol. The van der Waals surface area contributed by atoms with E-state index in [0.717, 1.165) is 10.0 Å². The summed E-state index contributed by atoms with van der Waals surface area (Å²) in [5.74, 6) is -1.36. The van der Waals surface area contributed by atoms with Gasteiger partial charge in [-0.3, -0.25) is 0 Å². The lowest BCUT2D eigenvalue weighted by Crippen LogP contribution is -1.99. The Morgan fingerprint density at radius 2 is 1.71 bits per heavy atom. The van der Waals surface area contributed by atoms with E-state index in [2.05, 4.69) is 15.9 Å². The molecule has 0 saturated carbocycles. The summed E-state index contributed by atoms with van der Waals surface area (Å²) in [5, 5.41) is 18.7. The molecule has 0 fully saturated rings. The molecule has 0 heterocycles. The molecule has 0 bridgehead atoms. The SMILES string of the molecule is O=C(O)c1c(O)cccc1-c1ccc(Br)cc1. The first-order valence-corrected chi connectivity index (χ1v) is 5.70. The van der Waals surface area contributed by atoms with Crippen molar-refractivity contribution in [2.75, 3.05) is 0 Å². The molecule has 2 N–H and O–H groups in total. The van der Waals surface area contributed by atoms with Gasteiger partial charge in [0.25, 0.3) is 0 Å². The van der Waals surface area contributed by atoms with E-state index in [1.165, 1.54) is 6.07 Å². The van der Waals surface area contributed by atoms with Crippen LogP contribution in [0.15, 0.2) is 46.9 Å². The number of benzene rings is 2. The van der Waals surface area contributed by atoms with Crippen LogP contribution in [0.3, 0.4) is 0 Å². The van der Waals surface area contributed by atoms with Gasteiger partial charge in [0.05, 0.1) is 0 Å². The third-order valence-electron chi connectivity index (χ3n) is 2.41. The molecule has 0 amide bonds. The third-order valence-corrected chi connectivity index (χ3v) is 2.94. The average molecular weight is 293 g/mol. The molecule has 0 spiro atoms. The van der Waals surface area contributed by atoms with Crippen molar-refractivity contribution in [3.63, 3.8) is 0 Å². The lowest BCUT2D eigenvalue weighted by molar-refractivity contribution is 0.0694. The van der Waals surface area contributed by atoms with Gasteiger partial charge in [0.2, 0.25) is 0 Å². The normalized spacial score (nSPS) is 10.2. The fourth-order valence-corrected chi connectivity index (χ4v) is 1.90. The summed E-state index contributed by atoms with van der Waals surface area (Å²) in [7, 11) is 0. The molecule has 0 radical (unpaired) electrons. The first-order chi connectivity index (χ1) is 8.09. The van der Waals surface area contributed by atoms with Crippen LogP contribution >= 0.6 is 15.9 Å².